The number of hydrogen-bond acceptors (Lipinski definition) is 4. The van der Waals surface area contributed by atoms with Gasteiger partial charge in [0.15, 0.2) is 0 Å². The van der Waals surface area contributed by atoms with Crippen LogP contribution in [0.3, 0.4) is 0 Å². The molecule has 5 heteroatoms. The van der Waals surface area contributed by atoms with Gasteiger partial charge in [-0.3, -0.25) is 9.69 Å². The molecule has 0 bridgehead atoms. The number of piperidine rings is 1. The highest BCUT2D eigenvalue weighted by molar-refractivity contribution is 6.04. The minimum Gasteiger partial charge on any atom is -0.462 e. The van der Waals surface area contributed by atoms with Gasteiger partial charge in [-0.2, -0.15) is 0 Å². The Morgan fingerprint density at radius 2 is 1.74 bits per heavy atom. The Bertz CT molecular complexity index is 780. The number of rotatable bonds is 6. The standard InChI is InChI=1S/C22H26N2O3/c1-2-27-22(26)19-7-6-8-20(15-19)23-21(25)18-11-9-17(10-12-18)16-24-13-4-3-5-14-24/h6-12,15H,2-5,13-14,16H2,1H3,(H,23,25). The molecule has 1 aliphatic rings. The van der Waals surface area contributed by atoms with E-state index in [0.29, 0.717) is 23.4 Å². The summed E-state index contributed by atoms with van der Waals surface area (Å²) in [7, 11) is 0. The molecule has 5 nitrogen and oxygen atoms in total. The minimum absolute atomic E-state index is 0.194. The molecule has 1 saturated heterocycles. The highest BCUT2D eigenvalue weighted by Gasteiger charge is 2.12. The Labute approximate surface area is 160 Å². The number of benzene rings is 2. The van der Waals surface area contributed by atoms with Crippen LogP contribution in [0.1, 0.15) is 52.5 Å². The third-order valence-electron chi connectivity index (χ3n) is 4.70. The van der Waals surface area contributed by atoms with E-state index in [-0.39, 0.29) is 5.91 Å². The average molecular weight is 366 g/mol. The van der Waals surface area contributed by atoms with E-state index in [4.69, 9.17) is 4.74 Å². The molecule has 1 fully saturated rings. The molecule has 3 rings (SSSR count). The zero-order chi connectivity index (χ0) is 19.1. The highest BCUT2D eigenvalue weighted by Crippen LogP contribution is 2.16. The van der Waals surface area contributed by atoms with Gasteiger partial charge in [0.05, 0.1) is 12.2 Å². The number of amides is 1. The Morgan fingerprint density at radius 1 is 1.00 bits per heavy atom. The van der Waals surface area contributed by atoms with E-state index < -0.39 is 5.97 Å². The summed E-state index contributed by atoms with van der Waals surface area (Å²) in [5, 5.41) is 2.84. The van der Waals surface area contributed by atoms with Gasteiger partial charge >= 0.3 is 5.97 Å². The number of likely N-dealkylation sites (tertiary alicyclic amines) is 1. The van der Waals surface area contributed by atoms with Gasteiger partial charge in [-0.05, 0) is 68.8 Å². The van der Waals surface area contributed by atoms with Crippen LogP contribution >= 0.6 is 0 Å². The minimum atomic E-state index is -0.393. The molecule has 1 aliphatic heterocycles. The predicted octanol–water partition coefficient (Wildman–Crippen LogP) is 4.10. The quantitative estimate of drug-likeness (QED) is 0.782. The predicted molar refractivity (Wildman–Crippen MR) is 106 cm³/mol. The SMILES string of the molecule is CCOC(=O)c1cccc(NC(=O)c2ccc(CN3CCCCC3)cc2)c1. The molecule has 0 aliphatic carbocycles. The zero-order valence-electron chi connectivity index (χ0n) is 15.7. The molecule has 0 aromatic heterocycles. The molecule has 27 heavy (non-hydrogen) atoms. The van der Waals surface area contributed by atoms with Crippen molar-refractivity contribution < 1.29 is 14.3 Å². The lowest BCUT2D eigenvalue weighted by Gasteiger charge is -2.26. The molecule has 142 valence electrons. The summed E-state index contributed by atoms with van der Waals surface area (Å²) in [6.07, 6.45) is 3.86. The number of ether oxygens (including phenoxy) is 1. The maximum Gasteiger partial charge on any atom is 0.338 e. The van der Waals surface area contributed by atoms with Crippen LogP contribution in [0, 0.1) is 0 Å². The topological polar surface area (TPSA) is 58.6 Å². The van der Waals surface area contributed by atoms with E-state index in [9.17, 15) is 9.59 Å². The number of nitrogens with one attached hydrogen (secondary N) is 1. The summed E-state index contributed by atoms with van der Waals surface area (Å²) in [4.78, 5) is 26.8. The largest absolute Gasteiger partial charge is 0.462 e. The molecule has 0 spiro atoms. The Kier molecular flexibility index (Phi) is 6.60. The van der Waals surface area contributed by atoms with Gasteiger partial charge < -0.3 is 10.1 Å². The summed E-state index contributed by atoms with van der Waals surface area (Å²) >= 11 is 0. The monoisotopic (exact) mass is 366 g/mol. The van der Waals surface area contributed by atoms with Gasteiger partial charge in [-0.25, -0.2) is 4.79 Å². The molecule has 2 aromatic carbocycles. The van der Waals surface area contributed by atoms with Crippen LogP contribution in [0.25, 0.3) is 0 Å². The Hall–Kier alpha value is -2.66. The second-order valence-corrected chi connectivity index (χ2v) is 6.79. The van der Waals surface area contributed by atoms with Crippen LogP contribution < -0.4 is 5.32 Å². The number of hydrogen-bond donors (Lipinski definition) is 1. The van der Waals surface area contributed by atoms with E-state index in [1.165, 1.54) is 24.8 Å². The molecular formula is C22H26N2O3. The molecular weight excluding hydrogens is 340 g/mol. The van der Waals surface area contributed by atoms with Crippen LogP contribution in [-0.4, -0.2) is 36.5 Å². The van der Waals surface area contributed by atoms with E-state index >= 15 is 0 Å². The molecule has 1 amide bonds. The lowest BCUT2D eigenvalue weighted by Crippen LogP contribution is -2.29. The molecule has 2 aromatic rings. The van der Waals surface area contributed by atoms with Crippen LogP contribution in [0.4, 0.5) is 5.69 Å². The smallest absolute Gasteiger partial charge is 0.338 e. The van der Waals surface area contributed by atoms with E-state index in [0.717, 1.165) is 19.6 Å². The first-order valence-electron chi connectivity index (χ1n) is 9.55. The molecule has 1 N–H and O–H groups in total. The Morgan fingerprint density at radius 3 is 2.44 bits per heavy atom. The first-order valence-corrected chi connectivity index (χ1v) is 9.55. The van der Waals surface area contributed by atoms with Crippen LogP contribution in [0.2, 0.25) is 0 Å². The second kappa shape index (κ2) is 9.33. The van der Waals surface area contributed by atoms with Crippen molar-refractivity contribution in [2.75, 3.05) is 25.0 Å². The number of carbonyl (C=O) groups excluding carboxylic acids is 2. The third kappa shape index (κ3) is 5.41. The average Bonchev–Trinajstić information content (AvgIpc) is 2.70. The first-order chi connectivity index (χ1) is 13.2. The van der Waals surface area contributed by atoms with Crippen molar-refractivity contribution >= 4 is 17.6 Å². The molecule has 0 saturated carbocycles. The second-order valence-electron chi connectivity index (χ2n) is 6.79. The van der Waals surface area contributed by atoms with Gasteiger partial charge in [0.25, 0.3) is 5.91 Å². The van der Waals surface area contributed by atoms with Crippen molar-refractivity contribution in [1.29, 1.82) is 0 Å². The van der Waals surface area contributed by atoms with Crippen molar-refractivity contribution in [3.05, 3.63) is 65.2 Å². The Balaban J connectivity index is 1.60. The number of nitrogens with zero attached hydrogens (tertiary/aromatic N) is 1. The fraction of sp³-hybridized carbons (Fsp3) is 0.364. The summed E-state index contributed by atoms with van der Waals surface area (Å²) in [5.74, 6) is -0.587. The normalized spacial score (nSPS) is 14.6. The van der Waals surface area contributed by atoms with Crippen LogP contribution in [0.5, 0.6) is 0 Å². The van der Waals surface area contributed by atoms with E-state index in [1.54, 1.807) is 31.2 Å². The van der Waals surface area contributed by atoms with Gasteiger partial charge in [-0.1, -0.05) is 24.6 Å². The highest BCUT2D eigenvalue weighted by atomic mass is 16.5. The van der Waals surface area contributed by atoms with Gasteiger partial charge in [0.2, 0.25) is 0 Å². The summed E-state index contributed by atoms with van der Waals surface area (Å²) in [6.45, 7) is 5.32. The number of anilines is 1. The first kappa shape index (κ1) is 19.1. The number of carbonyl (C=O) groups is 2. The van der Waals surface area contributed by atoms with Crippen molar-refractivity contribution in [3.8, 4) is 0 Å². The summed E-state index contributed by atoms with van der Waals surface area (Å²) < 4.78 is 4.99. The lowest BCUT2D eigenvalue weighted by molar-refractivity contribution is 0.0526. The van der Waals surface area contributed by atoms with Gasteiger partial charge in [-0.15, -0.1) is 0 Å². The molecule has 1 heterocycles. The van der Waals surface area contributed by atoms with Gasteiger partial charge in [0, 0.05) is 17.8 Å². The zero-order valence-corrected chi connectivity index (χ0v) is 15.7. The van der Waals surface area contributed by atoms with E-state index in [1.807, 2.05) is 24.3 Å². The molecule has 0 atom stereocenters. The van der Waals surface area contributed by atoms with E-state index in [2.05, 4.69) is 10.2 Å². The van der Waals surface area contributed by atoms with Crippen molar-refractivity contribution in [2.24, 2.45) is 0 Å². The van der Waals surface area contributed by atoms with Gasteiger partial charge in [0.1, 0.15) is 0 Å². The number of esters is 1. The third-order valence-corrected chi connectivity index (χ3v) is 4.70. The molecule has 0 radical (unpaired) electrons. The van der Waals surface area contributed by atoms with Crippen LogP contribution in [0.15, 0.2) is 48.5 Å². The molecule has 0 unspecified atom stereocenters. The van der Waals surface area contributed by atoms with Crippen molar-refractivity contribution in [3.63, 3.8) is 0 Å². The fourth-order valence-corrected chi connectivity index (χ4v) is 3.28. The lowest BCUT2D eigenvalue weighted by atomic mass is 10.1. The summed E-state index contributed by atoms with van der Waals surface area (Å²) in [6, 6.07) is 14.5. The van der Waals surface area contributed by atoms with Crippen LogP contribution in [-0.2, 0) is 11.3 Å². The summed E-state index contributed by atoms with van der Waals surface area (Å²) in [5.41, 5.74) is 2.81. The maximum absolute atomic E-state index is 12.5. The fourth-order valence-electron chi connectivity index (χ4n) is 3.28. The van der Waals surface area contributed by atoms with Crippen molar-refractivity contribution in [1.82, 2.24) is 4.90 Å². The van der Waals surface area contributed by atoms with Crippen molar-refractivity contribution in [2.45, 2.75) is 32.7 Å². The maximum atomic E-state index is 12.5.